The highest BCUT2D eigenvalue weighted by molar-refractivity contribution is 7.14. The third-order valence-corrected chi connectivity index (χ3v) is 6.85. The van der Waals surface area contributed by atoms with Gasteiger partial charge in [-0.05, 0) is 48.7 Å². The monoisotopic (exact) mass is 408 g/mol. The van der Waals surface area contributed by atoms with E-state index >= 15 is 0 Å². The summed E-state index contributed by atoms with van der Waals surface area (Å²) in [6.07, 6.45) is 6.09. The van der Waals surface area contributed by atoms with E-state index in [0.717, 1.165) is 43.7 Å². The van der Waals surface area contributed by atoms with Gasteiger partial charge in [-0.25, -0.2) is 4.79 Å². The van der Waals surface area contributed by atoms with Gasteiger partial charge in [-0.15, -0.1) is 11.3 Å². The highest BCUT2D eigenvalue weighted by Crippen LogP contribution is 2.35. The lowest BCUT2D eigenvalue weighted by Crippen LogP contribution is -2.31. The van der Waals surface area contributed by atoms with Crippen molar-refractivity contribution in [3.8, 4) is 5.00 Å². The molecule has 2 aromatic heterocycles. The Morgan fingerprint density at radius 1 is 1.14 bits per heavy atom. The topological polar surface area (TPSA) is 49.3 Å². The number of amides is 2. The van der Waals surface area contributed by atoms with Gasteiger partial charge in [0.25, 0.3) is 0 Å². The van der Waals surface area contributed by atoms with E-state index < -0.39 is 0 Å². The van der Waals surface area contributed by atoms with E-state index in [2.05, 4.69) is 52.4 Å². The predicted molar refractivity (Wildman–Crippen MR) is 120 cm³/mol. The van der Waals surface area contributed by atoms with Crippen LogP contribution in [0.1, 0.15) is 35.4 Å². The first-order valence-electron chi connectivity index (χ1n) is 10.3. The average molecular weight is 409 g/mol. The van der Waals surface area contributed by atoms with Gasteiger partial charge in [0.2, 0.25) is 0 Å². The number of nitrogens with one attached hydrogen (secondary N) is 2. The van der Waals surface area contributed by atoms with E-state index in [1.165, 1.54) is 21.0 Å². The summed E-state index contributed by atoms with van der Waals surface area (Å²) in [5.41, 5.74) is 4.68. The van der Waals surface area contributed by atoms with Crippen LogP contribution in [0.2, 0.25) is 0 Å². The number of thiophene rings is 1. The zero-order chi connectivity index (χ0) is 20.2. The SMILES string of the molecule is CCc1ccccc1NC(=O)NCc1c(-n2cccc2)sc2c1CCN(CC)C2. The number of hydrogen-bond donors (Lipinski definition) is 2. The molecule has 0 fully saturated rings. The molecule has 0 saturated carbocycles. The van der Waals surface area contributed by atoms with Crippen LogP contribution in [0, 0.1) is 0 Å². The molecule has 0 atom stereocenters. The van der Waals surface area contributed by atoms with Gasteiger partial charge >= 0.3 is 6.03 Å². The second-order valence-electron chi connectivity index (χ2n) is 7.31. The number of aromatic nitrogens is 1. The van der Waals surface area contributed by atoms with Gasteiger partial charge in [-0.1, -0.05) is 32.0 Å². The number of nitrogens with zero attached hydrogens (tertiary/aromatic N) is 2. The normalized spacial score (nSPS) is 13.9. The van der Waals surface area contributed by atoms with E-state index in [-0.39, 0.29) is 6.03 Å². The molecular weight excluding hydrogens is 380 g/mol. The molecule has 0 unspecified atom stereocenters. The standard InChI is InChI=1S/C23H28N4OS/c1-3-17-9-5-6-10-20(17)25-23(28)24-15-19-18-11-14-26(4-2)16-21(18)29-22(19)27-12-7-8-13-27/h5-10,12-13H,3-4,11,14-16H2,1-2H3,(H2,24,25,28). The zero-order valence-corrected chi connectivity index (χ0v) is 17.9. The van der Waals surface area contributed by atoms with E-state index in [1.807, 2.05) is 41.7 Å². The summed E-state index contributed by atoms with van der Waals surface area (Å²) in [5, 5.41) is 7.32. The lowest BCUT2D eigenvalue weighted by molar-refractivity contribution is 0.251. The molecule has 1 aliphatic heterocycles. The molecule has 6 heteroatoms. The largest absolute Gasteiger partial charge is 0.334 e. The number of carbonyl (C=O) groups is 1. The maximum atomic E-state index is 12.6. The number of fused-ring (bicyclic) bond motifs is 1. The number of urea groups is 1. The number of hydrogen-bond acceptors (Lipinski definition) is 3. The first kappa shape index (κ1) is 19.7. The van der Waals surface area contributed by atoms with Gasteiger partial charge in [0.1, 0.15) is 5.00 Å². The summed E-state index contributed by atoms with van der Waals surface area (Å²) in [7, 11) is 0. The second-order valence-corrected chi connectivity index (χ2v) is 8.40. The van der Waals surface area contributed by atoms with Crippen LogP contribution in [-0.2, 0) is 25.9 Å². The van der Waals surface area contributed by atoms with Crippen LogP contribution in [0.25, 0.3) is 5.00 Å². The minimum atomic E-state index is -0.157. The smallest absolute Gasteiger partial charge is 0.319 e. The van der Waals surface area contributed by atoms with Gasteiger partial charge in [0, 0.05) is 48.2 Å². The van der Waals surface area contributed by atoms with Crippen molar-refractivity contribution in [2.75, 3.05) is 18.4 Å². The molecule has 2 amide bonds. The molecular formula is C23H28N4OS. The van der Waals surface area contributed by atoms with Crippen molar-refractivity contribution in [3.63, 3.8) is 0 Å². The highest BCUT2D eigenvalue weighted by Gasteiger charge is 2.24. The zero-order valence-electron chi connectivity index (χ0n) is 17.1. The number of likely N-dealkylation sites (N-methyl/N-ethyl adjacent to an activating group) is 1. The van der Waals surface area contributed by atoms with Gasteiger partial charge in [0.15, 0.2) is 0 Å². The molecule has 1 aromatic carbocycles. The van der Waals surface area contributed by atoms with Crippen LogP contribution in [0.4, 0.5) is 10.5 Å². The highest BCUT2D eigenvalue weighted by atomic mass is 32.1. The predicted octanol–water partition coefficient (Wildman–Crippen LogP) is 4.80. The number of benzene rings is 1. The van der Waals surface area contributed by atoms with Crippen LogP contribution in [0.15, 0.2) is 48.8 Å². The van der Waals surface area contributed by atoms with Crippen LogP contribution in [0.3, 0.4) is 0 Å². The van der Waals surface area contributed by atoms with Crippen LogP contribution >= 0.6 is 11.3 Å². The lowest BCUT2D eigenvalue weighted by Gasteiger charge is -2.25. The molecule has 0 aliphatic carbocycles. The molecule has 5 nitrogen and oxygen atoms in total. The summed E-state index contributed by atoms with van der Waals surface area (Å²) >= 11 is 1.85. The van der Waals surface area contributed by atoms with Crippen molar-refractivity contribution >= 4 is 23.1 Å². The van der Waals surface area contributed by atoms with E-state index in [1.54, 1.807) is 0 Å². The second kappa shape index (κ2) is 8.84. The van der Waals surface area contributed by atoms with E-state index in [0.29, 0.717) is 6.54 Å². The molecule has 1 aliphatic rings. The van der Waals surface area contributed by atoms with Gasteiger partial charge in [-0.3, -0.25) is 4.90 Å². The summed E-state index contributed by atoms with van der Waals surface area (Å²) in [6, 6.07) is 11.9. The third-order valence-electron chi connectivity index (χ3n) is 5.58. The van der Waals surface area contributed by atoms with E-state index in [9.17, 15) is 4.79 Å². The Bertz CT molecular complexity index is 977. The van der Waals surface area contributed by atoms with Crippen LogP contribution in [0.5, 0.6) is 0 Å². The Morgan fingerprint density at radius 3 is 2.69 bits per heavy atom. The minimum absolute atomic E-state index is 0.157. The summed E-state index contributed by atoms with van der Waals surface area (Å²) in [5.74, 6) is 0. The Labute approximate surface area is 176 Å². The Hall–Kier alpha value is -2.57. The van der Waals surface area contributed by atoms with E-state index in [4.69, 9.17) is 0 Å². The number of rotatable bonds is 6. The van der Waals surface area contributed by atoms with Gasteiger partial charge in [-0.2, -0.15) is 0 Å². The fraction of sp³-hybridized carbons (Fsp3) is 0.348. The van der Waals surface area contributed by atoms with Crippen molar-refractivity contribution in [2.45, 2.75) is 39.8 Å². The minimum Gasteiger partial charge on any atom is -0.334 e. The molecule has 0 saturated heterocycles. The number of anilines is 1. The Balaban J connectivity index is 1.53. The van der Waals surface area contributed by atoms with Gasteiger partial charge < -0.3 is 15.2 Å². The summed E-state index contributed by atoms with van der Waals surface area (Å²) in [4.78, 5) is 16.5. The molecule has 4 rings (SSSR count). The van der Waals surface area contributed by atoms with Crippen molar-refractivity contribution in [1.29, 1.82) is 0 Å². The lowest BCUT2D eigenvalue weighted by atomic mass is 10.0. The molecule has 152 valence electrons. The molecule has 29 heavy (non-hydrogen) atoms. The molecule has 0 bridgehead atoms. The quantitative estimate of drug-likeness (QED) is 0.615. The molecule has 0 spiro atoms. The third kappa shape index (κ3) is 4.23. The van der Waals surface area contributed by atoms with Crippen molar-refractivity contribution in [1.82, 2.24) is 14.8 Å². The molecule has 3 heterocycles. The summed E-state index contributed by atoms with van der Waals surface area (Å²) < 4.78 is 2.17. The van der Waals surface area contributed by atoms with Crippen molar-refractivity contribution < 1.29 is 4.79 Å². The fourth-order valence-electron chi connectivity index (χ4n) is 3.92. The molecule has 3 aromatic rings. The van der Waals surface area contributed by atoms with Crippen LogP contribution < -0.4 is 10.6 Å². The number of para-hydroxylation sites is 1. The first-order chi connectivity index (χ1) is 14.2. The Kier molecular flexibility index (Phi) is 6.02. The van der Waals surface area contributed by atoms with Crippen molar-refractivity contribution in [2.24, 2.45) is 0 Å². The number of aryl methyl sites for hydroxylation is 1. The van der Waals surface area contributed by atoms with Gasteiger partial charge in [0.05, 0.1) is 0 Å². The summed E-state index contributed by atoms with van der Waals surface area (Å²) in [6.45, 7) is 8.00. The average Bonchev–Trinajstić information content (AvgIpc) is 3.39. The molecule has 0 radical (unpaired) electrons. The fourth-order valence-corrected chi connectivity index (χ4v) is 5.30. The van der Waals surface area contributed by atoms with Crippen molar-refractivity contribution in [3.05, 3.63) is 70.4 Å². The number of carbonyl (C=O) groups excluding carboxylic acids is 1. The maximum Gasteiger partial charge on any atom is 0.319 e. The first-order valence-corrected chi connectivity index (χ1v) is 11.1. The van der Waals surface area contributed by atoms with Crippen LogP contribution in [-0.4, -0.2) is 28.6 Å². The maximum absolute atomic E-state index is 12.6. The molecule has 2 N–H and O–H groups in total. The Morgan fingerprint density at radius 2 is 1.93 bits per heavy atom.